The molecule has 0 aliphatic heterocycles. The smallest absolute Gasteiger partial charge is 0.163 e. The number of hydrogen-bond donors (Lipinski definition) is 1. The highest BCUT2D eigenvalue weighted by molar-refractivity contribution is 5.58. The van der Waals surface area contributed by atoms with Gasteiger partial charge in [-0.05, 0) is 31.2 Å². The molecule has 1 aromatic carbocycles. The van der Waals surface area contributed by atoms with Crippen LogP contribution in [0.3, 0.4) is 0 Å². The Labute approximate surface area is 139 Å². The molecule has 0 amide bonds. The van der Waals surface area contributed by atoms with Crippen LogP contribution in [0.5, 0.6) is 5.75 Å². The first kappa shape index (κ1) is 16.6. The van der Waals surface area contributed by atoms with Gasteiger partial charge in [-0.3, -0.25) is 4.68 Å². The lowest BCUT2D eigenvalue weighted by atomic mass is 10.2. The molecule has 0 spiro atoms. The van der Waals surface area contributed by atoms with E-state index in [1.165, 1.54) is 0 Å². The normalized spacial score (nSPS) is 9.29. The van der Waals surface area contributed by atoms with Crippen molar-refractivity contribution in [3.63, 3.8) is 0 Å². The van der Waals surface area contributed by atoms with E-state index in [2.05, 4.69) is 10.4 Å². The van der Waals surface area contributed by atoms with E-state index in [4.69, 9.17) is 20.5 Å². The Hall–Kier alpha value is -3.76. The fourth-order valence-corrected chi connectivity index (χ4v) is 1.91. The van der Waals surface area contributed by atoms with Crippen molar-refractivity contribution in [2.45, 2.75) is 13.5 Å². The second-order valence-electron chi connectivity index (χ2n) is 4.90. The maximum atomic E-state index is 9.01. The number of rotatable bonds is 5. The summed E-state index contributed by atoms with van der Waals surface area (Å²) in [5.74, 6) is 0.659. The van der Waals surface area contributed by atoms with Crippen LogP contribution in [0.4, 0.5) is 5.69 Å². The summed E-state index contributed by atoms with van der Waals surface area (Å²) in [6.45, 7) is 2.37. The molecular weight excluding hydrogens is 304 g/mol. The first-order chi connectivity index (χ1) is 11.6. The molecule has 0 aliphatic rings. The van der Waals surface area contributed by atoms with Crippen LogP contribution in [0.25, 0.3) is 0 Å². The minimum Gasteiger partial charge on any atom is -0.489 e. The molecule has 0 saturated heterocycles. The van der Waals surface area contributed by atoms with Crippen molar-refractivity contribution in [1.29, 1.82) is 15.8 Å². The summed E-state index contributed by atoms with van der Waals surface area (Å²) >= 11 is 0. The van der Waals surface area contributed by atoms with Gasteiger partial charge in [0.2, 0.25) is 0 Å². The van der Waals surface area contributed by atoms with Gasteiger partial charge in [0.05, 0.1) is 6.20 Å². The molecule has 2 aromatic rings. The molecule has 24 heavy (non-hydrogen) atoms. The van der Waals surface area contributed by atoms with Crippen molar-refractivity contribution in [1.82, 2.24) is 9.78 Å². The second-order valence-corrected chi connectivity index (χ2v) is 4.90. The first-order valence-corrected chi connectivity index (χ1v) is 7.01. The molecule has 7 heteroatoms. The van der Waals surface area contributed by atoms with Crippen molar-refractivity contribution < 1.29 is 4.74 Å². The number of aryl methyl sites for hydroxylation is 1. The summed E-state index contributed by atoms with van der Waals surface area (Å²) in [5, 5.41) is 33.5. The van der Waals surface area contributed by atoms with Crippen LogP contribution in [-0.2, 0) is 13.7 Å². The van der Waals surface area contributed by atoms with E-state index in [-0.39, 0.29) is 11.3 Å². The van der Waals surface area contributed by atoms with Gasteiger partial charge in [-0.15, -0.1) is 0 Å². The molecule has 2 rings (SSSR count). The van der Waals surface area contributed by atoms with Crippen LogP contribution in [0.2, 0.25) is 0 Å². The van der Waals surface area contributed by atoms with E-state index in [1.54, 1.807) is 53.4 Å². The van der Waals surface area contributed by atoms with Gasteiger partial charge < -0.3 is 10.1 Å². The highest BCUT2D eigenvalue weighted by Gasteiger charge is 2.07. The van der Waals surface area contributed by atoms with E-state index >= 15 is 0 Å². The topological polar surface area (TPSA) is 110 Å². The van der Waals surface area contributed by atoms with Gasteiger partial charge in [0.25, 0.3) is 0 Å². The SMILES string of the molecule is Cc1c(COc2ccc(NC(C#N)=C(C#N)C#N)cc2)cnn1C. The third kappa shape index (κ3) is 3.71. The number of nitrogens with zero attached hydrogens (tertiary/aromatic N) is 5. The fourth-order valence-electron chi connectivity index (χ4n) is 1.91. The van der Waals surface area contributed by atoms with Crippen LogP contribution in [-0.4, -0.2) is 9.78 Å². The molecule has 7 nitrogen and oxygen atoms in total. The second kappa shape index (κ2) is 7.49. The molecule has 0 aliphatic carbocycles. The largest absolute Gasteiger partial charge is 0.489 e. The molecule has 0 saturated carbocycles. The third-order valence-electron chi connectivity index (χ3n) is 3.44. The number of aromatic nitrogens is 2. The van der Waals surface area contributed by atoms with Crippen LogP contribution < -0.4 is 10.1 Å². The predicted octanol–water partition coefficient (Wildman–Crippen LogP) is 2.54. The van der Waals surface area contributed by atoms with Gasteiger partial charge in [0.1, 0.15) is 36.3 Å². The van der Waals surface area contributed by atoms with Crippen LogP contribution in [0, 0.1) is 40.9 Å². The molecule has 0 unspecified atom stereocenters. The van der Waals surface area contributed by atoms with Crippen molar-refractivity contribution in [2.24, 2.45) is 7.05 Å². The third-order valence-corrected chi connectivity index (χ3v) is 3.44. The summed E-state index contributed by atoms with van der Waals surface area (Å²) in [4.78, 5) is 0. The summed E-state index contributed by atoms with van der Waals surface area (Å²) in [7, 11) is 1.87. The Morgan fingerprint density at radius 3 is 2.33 bits per heavy atom. The molecule has 0 atom stereocenters. The molecule has 0 bridgehead atoms. The minimum absolute atomic E-state index is 0.0837. The van der Waals surface area contributed by atoms with Crippen LogP contribution in [0.1, 0.15) is 11.3 Å². The first-order valence-electron chi connectivity index (χ1n) is 7.01. The summed E-state index contributed by atoms with van der Waals surface area (Å²) in [6.07, 6.45) is 1.76. The van der Waals surface area contributed by atoms with Crippen molar-refractivity contribution >= 4 is 5.69 Å². The quantitative estimate of drug-likeness (QED) is 0.848. The lowest BCUT2D eigenvalue weighted by molar-refractivity contribution is 0.305. The molecule has 1 N–H and O–H groups in total. The standard InChI is InChI=1S/C17H14N6O/c1-12-14(10-21-23(12)2)11-24-16-5-3-15(4-6-16)22-17(9-20)13(7-18)8-19/h3-6,10,22H,11H2,1-2H3. The van der Waals surface area contributed by atoms with E-state index in [0.29, 0.717) is 18.0 Å². The summed E-state index contributed by atoms with van der Waals surface area (Å²) < 4.78 is 7.48. The Morgan fingerprint density at radius 1 is 1.17 bits per heavy atom. The maximum absolute atomic E-state index is 9.01. The Kier molecular flexibility index (Phi) is 5.18. The highest BCUT2D eigenvalue weighted by Crippen LogP contribution is 2.19. The van der Waals surface area contributed by atoms with E-state index < -0.39 is 0 Å². The number of benzene rings is 1. The number of nitrogens with one attached hydrogen (secondary N) is 1. The summed E-state index contributed by atoms with van der Waals surface area (Å²) in [6, 6.07) is 12.0. The highest BCUT2D eigenvalue weighted by atomic mass is 16.5. The van der Waals surface area contributed by atoms with Gasteiger partial charge >= 0.3 is 0 Å². The molecule has 118 valence electrons. The number of allylic oxidation sites excluding steroid dienone is 2. The van der Waals surface area contributed by atoms with Crippen molar-refractivity contribution in [3.05, 3.63) is 53.0 Å². The van der Waals surface area contributed by atoms with Crippen molar-refractivity contribution in [2.75, 3.05) is 5.32 Å². The molecule has 1 aromatic heterocycles. The van der Waals surface area contributed by atoms with Gasteiger partial charge in [-0.2, -0.15) is 20.9 Å². The molecule has 0 fully saturated rings. The average Bonchev–Trinajstić information content (AvgIpc) is 2.93. The van der Waals surface area contributed by atoms with E-state index in [1.807, 2.05) is 14.0 Å². The number of anilines is 1. The number of nitriles is 3. The van der Waals surface area contributed by atoms with Crippen LogP contribution in [0.15, 0.2) is 41.7 Å². The zero-order valence-electron chi connectivity index (χ0n) is 13.2. The number of hydrogen-bond acceptors (Lipinski definition) is 6. The molecule has 1 heterocycles. The lowest BCUT2D eigenvalue weighted by Gasteiger charge is -2.08. The monoisotopic (exact) mass is 318 g/mol. The lowest BCUT2D eigenvalue weighted by Crippen LogP contribution is -2.01. The van der Waals surface area contributed by atoms with E-state index in [9.17, 15) is 0 Å². The zero-order chi connectivity index (χ0) is 17.5. The van der Waals surface area contributed by atoms with Gasteiger partial charge in [-0.1, -0.05) is 0 Å². The van der Waals surface area contributed by atoms with Crippen LogP contribution >= 0.6 is 0 Å². The van der Waals surface area contributed by atoms with Crippen molar-refractivity contribution in [3.8, 4) is 24.0 Å². The Morgan fingerprint density at radius 2 is 1.83 bits per heavy atom. The predicted molar refractivity (Wildman–Crippen MR) is 86.2 cm³/mol. The van der Waals surface area contributed by atoms with Gasteiger partial charge in [0, 0.05) is 24.0 Å². The maximum Gasteiger partial charge on any atom is 0.163 e. The molecular formula is C17H14N6O. The fraction of sp³-hybridized carbons (Fsp3) is 0.176. The molecule has 0 radical (unpaired) electrons. The zero-order valence-corrected chi connectivity index (χ0v) is 13.2. The minimum atomic E-state index is -0.259. The van der Waals surface area contributed by atoms with Gasteiger partial charge in [0.15, 0.2) is 5.57 Å². The Balaban J connectivity index is 2.05. The average molecular weight is 318 g/mol. The number of ether oxygens (including phenoxy) is 1. The van der Waals surface area contributed by atoms with Gasteiger partial charge in [-0.25, -0.2) is 0 Å². The van der Waals surface area contributed by atoms with E-state index in [0.717, 1.165) is 11.3 Å². The summed E-state index contributed by atoms with van der Waals surface area (Å²) in [5.41, 5.74) is 2.28. The Bertz CT molecular complexity index is 871.